The summed E-state index contributed by atoms with van der Waals surface area (Å²) in [5, 5.41) is 8.40. The van der Waals surface area contributed by atoms with Crippen molar-refractivity contribution in [1.29, 1.82) is 0 Å². The molecular formula is C31H29ClN4O4S. The number of sulfonamides is 1. The predicted molar refractivity (Wildman–Crippen MR) is 161 cm³/mol. The Morgan fingerprint density at radius 1 is 0.976 bits per heavy atom. The molecule has 1 heterocycles. The van der Waals surface area contributed by atoms with Gasteiger partial charge in [-0.25, -0.2) is 13.1 Å². The molecule has 41 heavy (non-hydrogen) atoms. The van der Waals surface area contributed by atoms with Gasteiger partial charge in [-0.15, -0.1) is 0 Å². The SMILES string of the molecule is COc1ccc(CNS(=O)(=O)c2cc(NC(=O)Cc3ccccc3Cl)cc3nn(Cc4ccc(C)cc4)cc23)cc1. The zero-order valence-electron chi connectivity index (χ0n) is 22.6. The first-order chi connectivity index (χ1) is 19.7. The van der Waals surface area contributed by atoms with Crippen molar-refractivity contribution in [3.05, 3.63) is 118 Å². The number of halogens is 1. The molecule has 0 radical (unpaired) electrons. The number of amides is 1. The molecule has 1 aromatic heterocycles. The Labute approximate surface area is 244 Å². The van der Waals surface area contributed by atoms with E-state index in [0.717, 1.165) is 16.7 Å². The van der Waals surface area contributed by atoms with Crippen LogP contribution < -0.4 is 14.8 Å². The van der Waals surface area contributed by atoms with E-state index in [4.69, 9.17) is 16.3 Å². The van der Waals surface area contributed by atoms with Gasteiger partial charge in [0.15, 0.2) is 0 Å². The maximum Gasteiger partial charge on any atom is 0.241 e. The highest BCUT2D eigenvalue weighted by Crippen LogP contribution is 2.28. The number of benzene rings is 4. The summed E-state index contributed by atoms with van der Waals surface area (Å²) >= 11 is 6.23. The molecule has 0 spiro atoms. The van der Waals surface area contributed by atoms with Crippen LogP contribution in [-0.2, 0) is 34.3 Å². The molecule has 1 amide bonds. The maximum atomic E-state index is 13.6. The van der Waals surface area contributed by atoms with Gasteiger partial charge in [0.1, 0.15) is 5.75 Å². The van der Waals surface area contributed by atoms with Crippen molar-refractivity contribution in [2.45, 2.75) is 31.3 Å². The van der Waals surface area contributed by atoms with Crippen LogP contribution in [0.3, 0.4) is 0 Å². The number of rotatable bonds is 10. The monoisotopic (exact) mass is 588 g/mol. The molecular weight excluding hydrogens is 560 g/mol. The number of nitrogens with one attached hydrogen (secondary N) is 2. The lowest BCUT2D eigenvalue weighted by molar-refractivity contribution is -0.115. The summed E-state index contributed by atoms with van der Waals surface area (Å²) in [6.07, 6.45) is 1.75. The van der Waals surface area contributed by atoms with Gasteiger partial charge >= 0.3 is 0 Å². The number of aryl methyl sites for hydroxylation is 1. The summed E-state index contributed by atoms with van der Waals surface area (Å²) in [4.78, 5) is 12.9. The average molecular weight is 589 g/mol. The van der Waals surface area contributed by atoms with E-state index in [-0.39, 0.29) is 23.8 Å². The molecule has 2 N–H and O–H groups in total. The molecule has 8 nitrogen and oxygen atoms in total. The molecule has 5 aromatic rings. The van der Waals surface area contributed by atoms with E-state index in [1.807, 2.05) is 31.2 Å². The van der Waals surface area contributed by atoms with Gasteiger partial charge in [-0.05, 0) is 53.9 Å². The minimum absolute atomic E-state index is 0.0201. The molecule has 0 saturated heterocycles. The van der Waals surface area contributed by atoms with Crippen LogP contribution in [-0.4, -0.2) is 31.2 Å². The van der Waals surface area contributed by atoms with E-state index in [1.165, 1.54) is 6.07 Å². The second-order valence-electron chi connectivity index (χ2n) is 9.71. The lowest BCUT2D eigenvalue weighted by Crippen LogP contribution is -2.24. The van der Waals surface area contributed by atoms with E-state index in [0.29, 0.717) is 39.5 Å². The Hall–Kier alpha value is -4.18. The molecule has 0 bridgehead atoms. The number of ether oxygens (including phenoxy) is 1. The van der Waals surface area contributed by atoms with Gasteiger partial charge in [0.25, 0.3) is 0 Å². The number of methoxy groups -OCH3 is 1. The van der Waals surface area contributed by atoms with Crippen LogP contribution in [0.1, 0.15) is 22.3 Å². The van der Waals surface area contributed by atoms with Crippen molar-refractivity contribution in [3.8, 4) is 5.75 Å². The number of nitrogens with zero attached hydrogens (tertiary/aromatic N) is 2. The average Bonchev–Trinajstić information content (AvgIpc) is 3.36. The van der Waals surface area contributed by atoms with Crippen molar-refractivity contribution >= 4 is 44.1 Å². The topological polar surface area (TPSA) is 102 Å². The Kier molecular flexibility index (Phi) is 8.39. The zero-order chi connectivity index (χ0) is 29.0. The first-order valence-electron chi connectivity index (χ1n) is 12.9. The molecule has 0 aliphatic rings. The van der Waals surface area contributed by atoms with Crippen molar-refractivity contribution < 1.29 is 17.9 Å². The number of fused-ring (bicyclic) bond motifs is 1. The van der Waals surface area contributed by atoms with Crippen molar-refractivity contribution in [2.24, 2.45) is 0 Å². The first kappa shape index (κ1) is 28.4. The molecule has 0 atom stereocenters. The standard InChI is InChI=1S/C31H29ClN4O4S/c1-21-7-9-23(10-8-21)19-36-20-27-29(35-36)16-25(34-31(37)15-24-5-3-4-6-28(24)32)17-30(27)41(38,39)33-18-22-11-13-26(40-2)14-12-22/h3-14,16-17,20,33H,15,18-19H2,1-2H3,(H,34,37). The van der Waals surface area contributed by atoms with E-state index in [9.17, 15) is 13.2 Å². The Morgan fingerprint density at radius 3 is 2.39 bits per heavy atom. The summed E-state index contributed by atoms with van der Waals surface area (Å²) in [5.41, 5.74) is 4.37. The Bertz CT molecular complexity index is 1800. The number of hydrogen-bond acceptors (Lipinski definition) is 5. The molecule has 0 aliphatic carbocycles. The summed E-state index contributed by atoms with van der Waals surface area (Å²) < 4.78 is 36.8. The highest BCUT2D eigenvalue weighted by molar-refractivity contribution is 7.89. The molecule has 0 unspecified atom stereocenters. The number of hydrogen-bond donors (Lipinski definition) is 2. The molecule has 5 rings (SSSR count). The van der Waals surface area contributed by atoms with Crippen LogP contribution in [0.25, 0.3) is 10.9 Å². The van der Waals surface area contributed by atoms with Crippen LogP contribution in [0.5, 0.6) is 5.75 Å². The summed E-state index contributed by atoms with van der Waals surface area (Å²) in [7, 11) is -2.43. The Morgan fingerprint density at radius 2 is 1.68 bits per heavy atom. The number of carbonyl (C=O) groups excluding carboxylic acids is 1. The fourth-order valence-corrected chi connectivity index (χ4v) is 5.86. The second kappa shape index (κ2) is 12.1. The van der Waals surface area contributed by atoms with Crippen molar-refractivity contribution in [1.82, 2.24) is 14.5 Å². The molecule has 10 heteroatoms. The number of anilines is 1. The third-order valence-corrected chi connectivity index (χ3v) is 8.42. The van der Waals surface area contributed by atoms with Gasteiger partial charge < -0.3 is 10.1 Å². The van der Waals surface area contributed by atoms with Crippen molar-refractivity contribution in [3.63, 3.8) is 0 Å². The molecule has 0 saturated carbocycles. The fourth-order valence-electron chi connectivity index (χ4n) is 4.42. The third kappa shape index (κ3) is 6.94. The number of carbonyl (C=O) groups is 1. The molecule has 0 aliphatic heterocycles. The van der Waals surface area contributed by atoms with Crippen LogP contribution >= 0.6 is 11.6 Å². The van der Waals surface area contributed by atoms with Crippen LogP contribution in [0, 0.1) is 6.92 Å². The summed E-state index contributed by atoms with van der Waals surface area (Å²) in [5.74, 6) is 0.352. The maximum absolute atomic E-state index is 13.6. The lowest BCUT2D eigenvalue weighted by Gasteiger charge is -2.11. The van der Waals surface area contributed by atoms with Gasteiger partial charge in [-0.3, -0.25) is 9.48 Å². The third-order valence-electron chi connectivity index (χ3n) is 6.61. The van der Waals surface area contributed by atoms with Gasteiger partial charge in [0.05, 0.1) is 30.5 Å². The number of aromatic nitrogens is 2. The van der Waals surface area contributed by atoms with Crippen LogP contribution in [0.2, 0.25) is 5.02 Å². The smallest absolute Gasteiger partial charge is 0.241 e. The normalized spacial score (nSPS) is 11.5. The van der Waals surface area contributed by atoms with E-state index < -0.39 is 10.0 Å². The van der Waals surface area contributed by atoms with Crippen LogP contribution in [0.15, 0.2) is 96.0 Å². The largest absolute Gasteiger partial charge is 0.497 e. The zero-order valence-corrected chi connectivity index (χ0v) is 24.2. The second-order valence-corrected chi connectivity index (χ2v) is 11.9. The highest BCUT2D eigenvalue weighted by atomic mass is 35.5. The highest BCUT2D eigenvalue weighted by Gasteiger charge is 2.22. The fraction of sp³-hybridized carbons (Fsp3) is 0.161. The van der Waals surface area contributed by atoms with Crippen molar-refractivity contribution in [2.75, 3.05) is 12.4 Å². The minimum atomic E-state index is -4.00. The quantitative estimate of drug-likeness (QED) is 0.217. The van der Waals surface area contributed by atoms with Gasteiger partial charge in [-0.1, -0.05) is 71.8 Å². The molecule has 210 valence electrons. The lowest BCUT2D eigenvalue weighted by atomic mass is 10.1. The molecule has 0 fully saturated rings. The molecule has 4 aromatic carbocycles. The Balaban J connectivity index is 1.46. The summed E-state index contributed by atoms with van der Waals surface area (Å²) in [6.45, 7) is 2.56. The van der Waals surface area contributed by atoms with Gasteiger partial charge in [-0.2, -0.15) is 5.10 Å². The van der Waals surface area contributed by atoms with E-state index in [2.05, 4.69) is 15.1 Å². The minimum Gasteiger partial charge on any atom is -0.497 e. The van der Waals surface area contributed by atoms with E-state index >= 15 is 0 Å². The van der Waals surface area contributed by atoms with Crippen LogP contribution in [0.4, 0.5) is 5.69 Å². The first-order valence-corrected chi connectivity index (χ1v) is 14.8. The van der Waals surface area contributed by atoms with Gasteiger partial charge in [0.2, 0.25) is 15.9 Å². The summed E-state index contributed by atoms with van der Waals surface area (Å²) in [6, 6.07) is 25.4. The van der Waals surface area contributed by atoms with E-state index in [1.54, 1.807) is 72.6 Å². The van der Waals surface area contributed by atoms with Gasteiger partial charge in [0, 0.05) is 28.8 Å². The predicted octanol–water partition coefficient (Wildman–Crippen LogP) is 5.71.